The lowest BCUT2D eigenvalue weighted by Crippen LogP contribution is -2.19. The van der Waals surface area contributed by atoms with Crippen LogP contribution in [0, 0.1) is 0 Å². The normalized spacial score (nSPS) is 8.60. The van der Waals surface area contributed by atoms with Crippen molar-refractivity contribution in [2.24, 2.45) is 0 Å². The molecular formula is C6H7F3O6. The van der Waals surface area contributed by atoms with Crippen molar-refractivity contribution in [3.8, 4) is 0 Å². The van der Waals surface area contributed by atoms with Gasteiger partial charge in [-0.05, 0) is 0 Å². The number of carbonyl (C=O) groups is 3. The van der Waals surface area contributed by atoms with Crippen LogP contribution in [0.25, 0.3) is 0 Å². The first kappa shape index (κ1) is 15.7. The largest absolute Gasteiger partial charge is 0.498 e. The molecule has 0 aromatic heterocycles. The Balaban J connectivity index is 0. The summed E-state index contributed by atoms with van der Waals surface area (Å²) in [6, 6.07) is 0. The van der Waals surface area contributed by atoms with E-state index in [0.29, 0.717) is 0 Å². The molecule has 15 heavy (non-hydrogen) atoms. The number of halogens is 3. The minimum absolute atomic E-state index is 0.00861. The van der Waals surface area contributed by atoms with Gasteiger partial charge in [0.25, 0.3) is 6.29 Å². The number of ether oxygens (including phenoxy) is 2. The van der Waals surface area contributed by atoms with Crippen molar-refractivity contribution in [3.05, 3.63) is 0 Å². The van der Waals surface area contributed by atoms with Crippen molar-refractivity contribution in [2.75, 3.05) is 0 Å². The number of rotatable bonds is 3. The molecule has 0 saturated heterocycles. The highest BCUT2D eigenvalue weighted by atomic mass is 19.2. The third kappa shape index (κ3) is 18.9. The Labute approximate surface area is 81.6 Å². The van der Waals surface area contributed by atoms with Gasteiger partial charge in [0.15, 0.2) is 0 Å². The molecule has 0 aromatic carbocycles. The molecule has 0 radical (unpaired) electrons. The zero-order chi connectivity index (χ0) is 12.4. The van der Waals surface area contributed by atoms with E-state index in [-0.39, 0.29) is 6.42 Å². The van der Waals surface area contributed by atoms with E-state index in [1.54, 1.807) is 0 Å². The lowest BCUT2D eigenvalue weighted by molar-refractivity contribution is -0.0772. The fraction of sp³-hybridized carbons (Fsp3) is 0.500. The minimum atomic E-state index is -2.33. The summed E-state index contributed by atoms with van der Waals surface area (Å²) in [5.41, 5.74) is 0. The molecule has 0 spiro atoms. The minimum Gasteiger partial charge on any atom is -0.456 e. The topological polar surface area (TPSA) is 89.9 Å². The van der Waals surface area contributed by atoms with E-state index in [4.69, 9.17) is 9.90 Å². The van der Waals surface area contributed by atoms with E-state index in [1.807, 2.05) is 0 Å². The highest BCUT2D eigenvalue weighted by molar-refractivity contribution is 5.60. The Kier molecular flexibility index (Phi) is 9.17. The van der Waals surface area contributed by atoms with Crippen molar-refractivity contribution in [3.63, 3.8) is 0 Å². The Morgan fingerprint density at radius 1 is 1.13 bits per heavy atom. The van der Waals surface area contributed by atoms with Crippen molar-refractivity contribution < 1.29 is 42.1 Å². The summed E-state index contributed by atoms with van der Waals surface area (Å²) in [6.45, 7) is 1.43. The summed E-state index contributed by atoms with van der Waals surface area (Å²) in [7, 11) is 0. The molecule has 0 bridgehead atoms. The third-order valence-electron chi connectivity index (χ3n) is 0.782. The predicted octanol–water partition coefficient (Wildman–Crippen LogP) is 2.57. The van der Waals surface area contributed by atoms with Crippen LogP contribution in [-0.2, 0) is 9.47 Å². The van der Waals surface area contributed by atoms with Crippen LogP contribution in [0.2, 0.25) is 0 Å². The maximum Gasteiger partial charge on any atom is 0.498 e. The Morgan fingerprint density at radius 3 is 1.53 bits per heavy atom. The molecule has 0 rings (SSSR count). The molecule has 0 aliphatic carbocycles. The summed E-state index contributed by atoms with van der Waals surface area (Å²) in [5, 5.41) is 6.75. The second-order valence-electron chi connectivity index (χ2n) is 1.80. The van der Waals surface area contributed by atoms with Crippen molar-refractivity contribution in [1.82, 2.24) is 0 Å². The summed E-state index contributed by atoms with van der Waals surface area (Å²) >= 11 is 0. The molecule has 1 N–H and O–H groups in total. The van der Waals surface area contributed by atoms with Crippen molar-refractivity contribution >= 4 is 18.7 Å². The zero-order valence-electron chi connectivity index (χ0n) is 7.41. The van der Waals surface area contributed by atoms with Gasteiger partial charge < -0.3 is 14.6 Å². The van der Waals surface area contributed by atoms with Gasteiger partial charge in [0.1, 0.15) is 0 Å². The van der Waals surface area contributed by atoms with Crippen LogP contribution in [-0.4, -0.2) is 30.1 Å². The lowest BCUT2D eigenvalue weighted by atomic mass is 10.5. The molecule has 0 amide bonds. The molecule has 0 atom stereocenters. The molecule has 0 aliphatic rings. The molecule has 0 unspecified atom stereocenters. The SMILES string of the molecule is CCC(OC(=O)F)OC(=O)F.O=C(O)F. The van der Waals surface area contributed by atoms with Gasteiger partial charge in [-0.2, -0.15) is 0 Å². The number of carbonyl (C=O) groups excluding carboxylic acids is 2. The van der Waals surface area contributed by atoms with Crippen LogP contribution in [0.1, 0.15) is 13.3 Å². The molecule has 0 heterocycles. The summed E-state index contributed by atoms with van der Waals surface area (Å²) in [5.74, 6) is 0. The Hall–Kier alpha value is -1.80. The first-order valence-corrected chi connectivity index (χ1v) is 3.40. The molecule has 0 aromatic rings. The highest BCUT2D eigenvalue weighted by Crippen LogP contribution is 2.03. The van der Waals surface area contributed by atoms with Gasteiger partial charge in [-0.3, -0.25) is 0 Å². The quantitative estimate of drug-likeness (QED) is 0.594. The van der Waals surface area contributed by atoms with Crippen LogP contribution in [0.3, 0.4) is 0 Å². The van der Waals surface area contributed by atoms with Crippen LogP contribution < -0.4 is 0 Å². The standard InChI is InChI=1S/C5H6F2O4.CHFO2/c1-2-3(10-4(6)8)11-5(7)9;2-1(3)4/h3H,2H2,1H3;(H,3,4). The smallest absolute Gasteiger partial charge is 0.456 e. The van der Waals surface area contributed by atoms with Crippen LogP contribution >= 0.6 is 0 Å². The fourth-order valence-electron chi connectivity index (χ4n) is 0.397. The average Bonchev–Trinajstić information content (AvgIpc) is 2.00. The Morgan fingerprint density at radius 2 is 1.40 bits per heavy atom. The second-order valence-corrected chi connectivity index (χ2v) is 1.80. The summed E-state index contributed by atoms with van der Waals surface area (Å²) < 4.78 is 40.2. The monoisotopic (exact) mass is 232 g/mol. The van der Waals surface area contributed by atoms with Gasteiger partial charge in [-0.1, -0.05) is 6.92 Å². The predicted molar refractivity (Wildman–Crippen MR) is 38.4 cm³/mol. The van der Waals surface area contributed by atoms with Crippen LogP contribution in [0.15, 0.2) is 0 Å². The molecule has 0 fully saturated rings. The first-order valence-electron chi connectivity index (χ1n) is 3.40. The van der Waals surface area contributed by atoms with Gasteiger partial charge in [-0.25, -0.2) is 14.4 Å². The highest BCUT2D eigenvalue weighted by Gasteiger charge is 2.15. The van der Waals surface area contributed by atoms with Crippen molar-refractivity contribution in [2.45, 2.75) is 19.6 Å². The summed E-state index contributed by atoms with van der Waals surface area (Å²) in [6.07, 6.45) is -8.05. The fourth-order valence-corrected chi connectivity index (χ4v) is 0.397. The second kappa shape index (κ2) is 8.78. The van der Waals surface area contributed by atoms with Gasteiger partial charge in [0, 0.05) is 6.42 Å². The molecule has 6 nitrogen and oxygen atoms in total. The first-order chi connectivity index (χ1) is 6.79. The van der Waals surface area contributed by atoms with Crippen LogP contribution in [0.5, 0.6) is 0 Å². The van der Waals surface area contributed by atoms with Gasteiger partial charge in [0.2, 0.25) is 0 Å². The maximum absolute atomic E-state index is 11.4. The van der Waals surface area contributed by atoms with Gasteiger partial charge in [0.05, 0.1) is 0 Å². The summed E-state index contributed by atoms with van der Waals surface area (Å²) in [4.78, 5) is 27.5. The number of hydrogen-bond acceptors (Lipinski definition) is 5. The molecule has 9 heteroatoms. The zero-order valence-corrected chi connectivity index (χ0v) is 7.41. The van der Waals surface area contributed by atoms with E-state index >= 15 is 0 Å². The Bertz CT molecular complexity index is 211. The number of carboxylic acid groups (broad SMARTS) is 1. The average molecular weight is 232 g/mol. The van der Waals surface area contributed by atoms with E-state index in [0.717, 1.165) is 0 Å². The van der Waals surface area contributed by atoms with E-state index in [1.165, 1.54) is 6.92 Å². The van der Waals surface area contributed by atoms with E-state index in [2.05, 4.69) is 9.47 Å². The molecule has 0 aliphatic heterocycles. The molecular weight excluding hydrogens is 225 g/mol. The van der Waals surface area contributed by atoms with E-state index < -0.39 is 25.0 Å². The van der Waals surface area contributed by atoms with Crippen LogP contribution in [0.4, 0.5) is 27.6 Å². The van der Waals surface area contributed by atoms with Gasteiger partial charge >= 0.3 is 18.7 Å². The maximum atomic E-state index is 11.4. The molecule has 88 valence electrons. The molecule has 0 saturated carbocycles. The third-order valence-corrected chi connectivity index (χ3v) is 0.782. The number of hydrogen-bond donors (Lipinski definition) is 1. The van der Waals surface area contributed by atoms with E-state index in [9.17, 15) is 22.8 Å². The van der Waals surface area contributed by atoms with Crippen molar-refractivity contribution in [1.29, 1.82) is 0 Å². The van der Waals surface area contributed by atoms with Gasteiger partial charge in [-0.15, -0.1) is 13.2 Å². The lowest BCUT2D eigenvalue weighted by Gasteiger charge is -2.10.